The highest BCUT2D eigenvalue weighted by Gasteiger charge is 2.35. The average molecular weight is 438 g/mol. The molecule has 1 saturated heterocycles. The minimum atomic E-state index is -0.301. The number of piperazine rings is 1. The number of hydrogen-bond acceptors (Lipinski definition) is 6. The number of tetrazole rings is 1. The molecule has 3 aromatic rings. The van der Waals surface area contributed by atoms with Crippen molar-refractivity contribution in [3.05, 3.63) is 51.1 Å². The molecule has 0 unspecified atom stereocenters. The summed E-state index contributed by atoms with van der Waals surface area (Å²) in [4.78, 5) is 21.3. The largest absolute Gasteiger partial charge is 0.322 e. The maximum absolute atomic E-state index is 13.4. The normalized spacial score (nSPS) is 17.2. The summed E-state index contributed by atoms with van der Waals surface area (Å²) in [6.07, 6.45) is 0.883. The topological polar surface area (TPSA) is 82.9 Å². The molecule has 1 aromatic carbocycles. The summed E-state index contributed by atoms with van der Waals surface area (Å²) in [5.74, 6) is 0.732. The number of benzene rings is 1. The standard InChI is InChI=1S/C24H35N7O/c1-7-24(5,6)31-22(26-27-28-31)21(30-11-9-29(8-2)10-12-30)19-15-18-13-16(3)17(4)14-20(18)25-23(19)32/h13-15,21H,7-12H2,1-6H3,(H,25,32)/t21-/m1/s1. The predicted molar refractivity (Wildman–Crippen MR) is 127 cm³/mol. The first kappa shape index (κ1) is 22.6. The summed E-state index contributed by atoms with van der Waals surface area (Å²) < 4.78 is 1.91. The van der Waals surface area contributed by atoms with Crippen LogP contribution in [0.4, 0.5) is 0 Å². The minimum Gasteiger partial charge on any atom is -0.322 e. The average Bonchev–Trinajstić information content (AvgIpc) is 3.26. The van der Waals surface area contributed by atoms with E-state index < -0.39 is 0 Å². The highest BCUT2D eigenvalue weighted by molar-refractivity contribution is 5.81. The van der Waals surface area contributed by atoms with Crippen LogP contribution in [-0.4, -0.2) is 67.7 Å². The second-order valence-electron chi connectivity index (χ2n) is 9.57. The van der Waals surface area contributed by atoms with Gasteiger partial charge in [0.15, 0.2) is 5.82 Å². The van der Waals surface area contributed by atoms with E-state index in [-0.39, 0.29) is 17.1 Å². The van der Waals surface area contributed by atoms with Crippen molar-refractivity contribution in [3.63, 3.8) is 0 Å². The Labute approximate surface area is 189 Å². The first-order valence-electron chi connectivity index (χ1n) is 11.6. The van der Waals surface area contributed by atoms with Gasteiger partial charge in [-0.15, -0.1) is 5.10 Å². The van der Waals surface area contributed by atoms with E-state index in [0.29, 0.717) is 5.56 Å². The van der Waals surface area contributed by atoms with E-state index in [1.807, 2.05) is 10.7 Å². The fraction of sp³-hybridized carbons (Fsp3) is 0.583. The van der Waals surface area contributed by atoms with E-state index in [0.717, 1.165) is 55.9 Å². The zero-order chi connectivity index (χ0) is 23.0. The summed E-state index contributed by atoms with van der Waals surface area (Å²) in [6.45, 7) is 17.5. The van der Waals surface area contributed by atoms with Crippen molar-refractivity contribution in [3.8, 4) is 0 Å². The number of aryl methyl sites for hydroxylation is 2. The molecule has 172 valence electrons. The van der Waals surface area contributed by atoms with Crippen molar-refractivity contribution in [2.75, 3.05) is 32.7 Å². The van der Waals surface area contributed by atoms with Gasteiger partial charge in [-0.05, 0) is 85.8 Å². The molecule has 3 heterocycles. The maximum Gasteiger partial charge on any atom is 0.253 e. The fourth-order valence-corrected chi connectivity index (χ4v) is 4.48. The molecule has 1 N–H and O–H groups in total. The highest BCUT2D eigenvalue weighted by atomic mass is 16.1. The molecule has 1 aliphatic heterocycles. The van der Waals surface area contributed by atoms with Crippen molar-refractivity contribution in [1.82, 2.24) is 35.0 Å². The van der Waals surface area contributed by atoms with Crippen LogP contribution in [0.25, 0.3) is 10.9 Å². The van der Waals surface area contributed by atoms with Gasteiger partial charge in [-0.25, -0.2) is 4.68 Å². The van der Waals surface area contributed by atoms with Gasteiger partial charge in [0.1, 0.15) is 6.04 Å². The van der Waals surface area contributed by atoms with Crippen LogP contribution in [0.2, 0.25) is 0 Å². The lowest BCUT2D eigenvalue weighted by Gasteiger charge is -2.39. The molecule has 0 amide bonds. The third-order valence-electron chi connectivity index (χ3n) is 7.18. The Hall–Kier alpha value is -2.58. The summed E-state index contributed by atoms with van der Waals surface area (Å²) >= 11 is 0. The van der Waals surface area contributed by atoms with Gasteiger partial charge in [-0.1, -0.05) is 13.8 Å². The number of hydrogen-bond donors (Lipinski definition) is 1. The molecule has 1 atom stereocenters. The van der Waals surface area contributed by atoms with Crippen molar-refractivity contribution in [2.45, 2.75) is 59.5 Å². The Morgan fingerprint density at radius 1 is 1.06 bits per heavy atom. The predicted octanol–water partition coefficient (Wildman–Crippen LogP) is 3.00. The number of rotatable bonds is 6. The van der Waals surface area contributed by atoms with E-state index in [1.165, 1.54) is 11.1 Å². The molecule has 0 saturated carbocycles. The molecule has 1 aliphatic rings. The molecule has 8 heteroatoms. The third-order valence-corrected chi connectivity index (χ3v) is 7.18. The van der Waals surface area contributed by atoms with Gasteiger partial charge in [0, 0.05) is 37.3 Å². The van der Waals surface area contributed by atoms with E-state index in [4.69, 9.17) is 0 Å². The molecule has 4 rings (SSSR count). The van der Waals surface area contributed by atoms with E-state index >= 15 is 0 Å². The molecular weight excluding hydrogens is 402 g/mol. The third kappa shape index (κ3) is 4.09. The van der Waals surface area contributed by atoms with Gasteiger partial charge in [-0.3, -0.25) is 9.69 Å². The van der Waals surface area contributed by atoms with Crippen LogP contribution >= 0.6 is 0 Å². The molecular formula is C24H35N7O. The SMILES string of the molecule is CCN1CCN([C@H](c2cc3cc(C)c(C)cc3[nH]c2=O)c2nnnn2C(C)(C)CC)CC1. The zero-order valence-corrected chi connectivity index (χ0v) is 20.1. The summed E-state index contributed by atoms with van der Waals surface area (Å²) in [7, 11) is 0. The van der Waals surface area contributed by atoms with Gasteiger partial charge >= 0.3 is 0 Å². The van der Waals surface area contributed by atoms with Crippen LogP contribution in [0.15, 0.2) is 23.0 Å². The number of fused-ring (bicyclic) bond motifs is 1. The maximum atomic E-state index is 13.4. The van der Waals surface area contributed by atoms with E-state index in [2.05, 4.69) is 84.0 Å². The lowest BCUT2D eigenvalue weighted by atomic mass is 9.98. The number of nitrogens with zero attached hydrogens (tertiary/aromatic N) is 6. The number of likely N-dealkylation sites (N-methyl/N-ethyl adjacent to an activating group) is 1. The van der Waals surface area contributed by atoms with Gasteiger partial charge in [-0.2, -0.15) is 0 Å². The van der Waals surface area contributed by atoms with Crippen molar-refractivity contribution in [1.29, 1.82) is 0 Å². The highest BCUT2D eigenvalue weighted by Crippen LogP contribution is 2.31. The number of nitrogens with one attached hydrogen (secondary N) is 1. The van der Waals surface area contributed by atoms with E-state index in [9.17, 15) is 4.79 Å². The lowest BCUT2D eigenvalue weighted by Crippen LogP contribution is -2.49. The Kier molecular flexibility index (Phi) is 6.18. The summed E-state index contributed by atoms with van der Waals surface area (Å²) in [5.41, 5.74) is 3.62. The van der Waals surface area contributed by atoms with Crippen LogP contribution in [0, 0.1) is 13.8 Å². The van der Waals surface area contributed by atoms with Gasteiger partial charge in [0.2, 0.25) is 0 Å². The van der Waals surface area contributed by atoms with Crippen molar-refractivity contribution >= 4 is 10.9 Å². The molecule has 32 heavy (non-hydrogen) atoms. The van der Waals surface area contributed by atoms with Crippen LogP contribution in [-0.2, 0) is 5.54 Å². The molecule has 0 aliphatic carbocycles. The van der Waals surface area contributed by atoms with Crippen LogP contribution in [0.5, 0.6) is 0 Å². The molecule has 2 aromatic heterocycles. The number of aromatic amines is 1. The summed E-state index contributed by atoms with van der Waals surface area (Å²) in [6, 6.07) is 5.93. The van der Waals surface area contributed by atoms with Crippen molar-refractivity contribution in [2.24, 2.45) is 0 Å². The molecule has 8 nitrogen and oxygen atoms in total. The fourth-order valence-electron chi connectivity index (χ4n) is 4.48. The van der Waals surface area contributed by atoms with Crippen LogP contribution in [0.3, 0.4) is 0 Å². The molecule has 0 spiro atoms. The first-order valence-corrected chi connectivity index (χ1v) is 11.6. The first-order chi connectivity index (χ1) is 15.2. The number of pyridine rings is 1. The smallest absolute Gasteiger partial charge is 0.253 e. The Balaban J connectivity index is 1.88. The number of aromatic nitrogens is 5. The number of H-pyrrole nitrogens is 1. The molecule has 1 fully saturated rings. The second kappa shape index (κ2) is 8.75. The second-order valence-corrected chi connectivity index (χ2v) is 9.57. The minimum absolute atomic E-state index is 0.0764. The van der Waals surface area contributed by atoms with Gasteiger partial charge in [0.05, 0.1) is 5.54 Å². The van der Waals surface area contributed by atoms with Crippen LogP contribution in [0.1, 0.15) is 62.7 Å². The molecule has 0 bridgehead atoms. The Morgan fingerprint density at radius 3 is 2.41 bits per heavy atom. The van der Waals surface area contributed by atoms with Crippen molar-refractivity contribution < 1.29 is 0 Å². The Bertz CT molecular complexity index is 1150. The zero-order valence-electron chi connectivity index (χ0n) is 20.1. The monoisotopic (exact) mass is 437 g/mol. The Morgan fingerprint density at radius 2 is 1.75 bits per heavy atom. The van der Waals surface area contributed by atoms with Gasteiger partial charge in [0.25, 0.3) is 5.56 Å². The molecule has 0 radical (unpaired) electrons. The van der Waals surface area contributed by atoms with E-state index in [1.54, 1.807) is 0 Å². The summed E-state index contributed by atoms with van der Waals surface area (Å²) in [5, 5.41) is 13.9. The quantitative estimate of drug-likeness (QED) is 0.638. The lowest BCUT2D eigenvalue weighted by molar-refractivity contribution is 0.105. The van der Waals surface area contributed by atoms with Crippen LogP contribution < -0.4 is 5.56 Å². The van der Waals surface area contributed by atoms with Gasteiger partial charge < -0.3 is 9.88 Å².